The van der Waals surface area contributed by atoms with Crippen LogP contribution in [-0.4, -0.2) is 74.3 Å². The molecule has 2 saturated heterocycles. The highest BCUT2D eigenvalue weighted by atomic mass is 16.7. The molecule has 3 rings (SSSR count). The van der Waals surface area contributed by atoms with Crippen molar-refractivity contribution < 1.29 is 28.5 Å². The molecule has 0 radical (unpaired) electrons. The van der Waals surface area contributed by atoms with Crippen LogP contribution in [0.4, 0.5) is 0 Å². The SMILES string of the molecule is COC(C)OC1=C(N2CC2)C(=O)C(OC(C)OC)=C(N2CC2)C1=O. The highest BCUT2D eigenvalue weighted by molar-refractivity contribution is 6.23. The first-order valence-electron chi connectivity index (χ1n) is 7.94. The van der Waals surface area contributed by atoms with Gasteiger partial charge in [-0.1, -0.05) is 0 Å². The number of ether oxygens (including phenoxy) is 4. The van der Waals surface area contributed by atoms with Crippen molar-refractivity contribution in [1.82, 2.24) is 9.80 Å². The van der Waals surface area contributed by atoms with Crippen LogP contribution in [0.2, 0.25) is 0 Å². The lowest BCUT2D eigenvalue weighted by Gasteiger charge is -2.27. The Kier molecular flexibility index (Phi) is 4.51. The average Bonchev–Trinajstić information content (AvgIpc) is 3.44. The van der Waals surface area contributed by atoms with Crippen LogP contribution in [0.15, 0.2) is 22.9 Å². The summed E-state index contributed by atoms with van der Waals surface area (Å²) >= 11 is 0. The molecule has 0 aromatic rings. The van der Waals surface area contributed by atoms with Gasteiger partial charge in [-0.05, 0) is 13.8 Å². The highest BCUT2D eigenvalue weighted by Gasteiger charge is 2.47. The Morgan fingerprint density at radius 3 is 1.33 bits per heavy atom. The standard InChI is InChI=1S/C16H22N2O6/c1-9(21-3)23-15-11(17-5-6-17)14(20)16(24-10(2)22-4)12(13(15)19)18-7-8-18/h9-10H,5-8H2,1-4H3. The molecule has 0 N–H and O–H groups in total. The zero-order valence-electron chi connectivity index (χ0n) is 14.3. The third kappa shape index (κ3) is 3.11. The molecule has 2 atom stereocenters. The summed E-state index contributed by atoms with van der Waals surface area (Å²) in [5.41, 5.74) is 0.487. The molecular weight excluding hydrogens is 316 g/mol. The lowest BCUT2D eigenvalue weighted by Crippen LogP contribution is -2.34. The normalized spacial score (nSPS) is 22.8. The van der Waals surface area contributed by atoms with Gasteiger partial charge in [-0.2, -0.15) is 0 Å². The van der Waals surface area contributed by atoms with E-state index in [2.05, 4.69) is 0 Å². The van der Waals surface area contributed by atoms with Gasteiger partial charge in [0.15, 0.2) is 24.1 Å². The number of methoxy groups -OCH3 is 2. The van der Waals surface area contributed by atoms with Crippen molar-refractivity contribution in [3.63, 3.8) is 0 Å². The molecule has 2 unspecified atom stereocenters. The van der Waals surface area contributed by atoms with E-state index in [4.69, 9.17) is 18.9 Å². The summed E-state index contributed by atoms with van der Waals surface area (Å²) in [7, 11) is 2.96. The van der Waals surface area contributed by atoms with Crippen molar-refractivity contribution in [3.05, 3.63) is 22.9 Å². The molecule has 0 saturated carbocycles. The van der Waals surface area contributed by atoms with Gasteiger partial charge in [0.1, 0.15) is 11.4 Å². The summed E-state index contributed by atoms with van der Waals surface area (Å²) in [5.74, 6) is -0.634. The van der Waals surface area contributed by atoms with E-state index in [0.717, 1.165) is 0 Å². The fraction of sp³-hybridized carbons (Fsp3) is 0.625. The summed E-state index contributed by atoms with van der Waals surface area (Å²) in [5, 5.41) is 0. The molecule has 0 bridgehead atoms. The van der Waals surface area contributed by atoms with Crippen molar-refractivity contribution in [2.24, 2.45) is 0 Å². The third-order valence-corrected chi connectivity index (χ3v) is 4.03. The Hall–Kier alpha value is -2.06. The van der Waals surface area contributed by atoms with Crippen LogP contribution in [0.1, 0.15) is 13.8 Å². The molecule has 2 fully saturated rings. The molecule has 2 aliphatic heterocycles. The maximum atomic E-state index is 13.0. The monoisotopic (exact) mass is 338 g/mol. The Morgan fingerprint density at radius 2 is 1.08 bits per heavy atom. The zero-order valence-corrected chi connectivity index (χ0v) is 14.3. The summed E-state index contributed by atoms with van der Waals surface area (Å²) < 4.78 is 21.4. The number of ketones is 2. The predicted molar refractivity (Wildman–Crippen MR) is 82.3 cm³/mol. The van der Waals surface area contributed by atoms with E-state index in [9.17, 15) is 9.59 Å². The second-order valence-electron chi connectivity index (χ2n) is 5.83. The quantitative estimate of drug-likeness (QED) is 0.353. The van der Waals surface area contributed by atoms with Gasteiger partial charge in [-0.15, -0.1) is 0 Å². The van der Waals surface area contributed by atoms with Crippen molar-refractivity contribution in [2.75, 3.05) is 40.4 Å². The molecule has 132 valence electrons. The minimum Gasteiger partial charge on any atom is -0.459 e. The van der Waals surface area contributed by atoms with Gasteiger partial charge in [0.25, 0.3) is 0 Å². The van der Waals surface area contributed by atoms with Crippen LogP contribution < -0.4 is 0 Å². The van der Waals surface area contributed by atoms with Gasteiger partial charge in [0.2, 0.25) is 11.6 Å². The number of hydrogen-bond acceptors (Lipinski definition) is 8. The molecule has 0 amide bonds. The van der Waals surface area contributed by atoms with Crippen molar-refractivity contribution in [3.8, 4) is 0 Å². The molecule has 24 heavy (non-hydrogen) atoms. The number of hydrogen-bond donors (Lipinski definition) is 0. The summed E-state index contributed by atoms with van der Waals surface area (Å²) in [6.45, 7) is 6.15. The van der Waals surface area contributed by atoms with Crippen LogP contribution >= 0.6 is 0 Å². The smallest absolute Gasteiger partial charge is 0.249 e. The van der Waals surface area contributed by atoms with E-state index in [1.165, 1.54) is 14.2 Å². The summed E-state index contributed by atoms with van der Waals surface area (Å²) in [4.78, 5) is 29.6. The number of carbonyl (C=O) groups excluding carboxylic acids is 2. The molecule has 2 heterocycles. The minimum absolute atomic E-state index is 0.0335. The summed E-state index contributed by atoms with van der Waals surface area (Å²) in [6.07, 6.45) is -1.27. The van der Waals surface area contributed by atoms with E-state index in [1.807, 2.05) is 0 Å². The Labute approximate surface area is 140 Å². The number of carbonyl (C=O) groups is 2. The topological polar surface area (TPSA) is 77.1 Å². The summed E-state index contributed by atoms with van der Waals surface area (Å²) in [6, 6.07) is 0. The van der Waals surface area contributed by atoms with Crippen LogP contribution in [0.25, 0.3) is 0 Å². The van der Waals surface area contributed by atoms with E-state index in [0.29, 0.717) is 26.2 Å². The Balaban J connectivity index is 2.00. The number of rotatable bonds is 8. The van der Waals surface area contributed by atoms with Crippen molar-refractivity contribution >= 4 is 11.6 Å². The molecule has 8 heteroatoms. The van der Waals surface area contributed by atoms with Crippen molar-refractivity contribution in [2.45, 2.75) is 26.4 Å². The lowest BCUT2D eigenvalue weighted by atomic mass is 10.0. The van der Waals surface area contributed by atoms with Gasteiger partial charge in [-0.3, -0.25) is 9.59 Å². The predicted octanol–water partition coefficient (Wildman–Crippen LogP) is 0.211. The first-order valence-corrected chi connectivity index (χ1v) is 7.94. The molecule has 8 nitrogen and oxygen atoms in total. The molecule has 0 aromatic heterocycles. The van der Waals surface area contributed by atoms with Gasteiger partial charge in [0.05, 0.1) is 0 Å². The van der Waals surface area contributed by atoms with Crippen LogP contribution in [-0.2, 0) is 28.5 Å². The molecule has 0 aromatic carbocycles. The fourth-order valence-corrected chi connectivity index (χ4v) is 2.40. The molecule has 1 aliphatic carbocycles. The maximum absolute atomic E-state index is 13.0. The van der Waals surface area contributed by atoms with Gasteiger partial charge >= 0.3 is 0 Å². The molecular formula is C16H22N2O6. The zero-order chi connectivity index (χ0) is 17.4. The van der Waals surface area contributed by atoms with E-state index >= 15 is 0 Å². The van der Waals surface area contributed by atoms with Crippen LogP contribution in [0.5, 0.6) is 0 Å². The first-order chi connectivity index (χ1) is 11.5. The van der Waals surface area contributed by atoms with Crippen molar-refractivity contribution in [1.29, 1.82) is 0 Å². The van der Waals surface area contributed by atoms with Gasteiger partial charge in [-0.25, -0.2) is 0 Å². The largest absolute Gasteiger partial charge is 0.459 e. The number of nitrogens with zero attached hydrogens (tertiary/aromatic N) is 2. The van der Waals surface area contributed by atoms with Crippen LogP contribution in [0, 0.1) is 0 Å². The highest BCUT2D eigenvalue weighted by Crippen LogP contribution is 2.35. The first kappa shape index (κ1) is 16.8. The third-order valence-electron chi connectivity index (χ3n) is 4.03. The Morgan fingerprint density at radius 1 is 0.750 bits per heavy atom. The second-order valence-corrected chi connectivity index (χ2v) is 5.83. The lowest BCUT2D eigenvalue weighted by molar-refractivity contribution is -0.136. The second kappa shape index (κ2) is 6.45. The van der Waals surface area contributed by atoms with E-state index in [-0.39, 0.29) is 34.5 Å². The Bertz CT molecular complexity index is 564. The molecule has 3 aliphatic rings. The van der Waals surface area contributed by atoms with Crippen LogP contribution in [0.3, 0.4) is 0 Å². The fourth-order valence-electron chi connectivity index (χ4n) is 2.40. The van der Waals surface area contributed by atoms with E-state index in [1.54, 1.807) is 23.6 Å². The van der Waals surface area contributed by atoms with E-state index < -0.39 is 12.6 Å². The molecule has 0 spiro atoms. The van der Waals surface area contributed by atoms with Gasteiger partial charge < -0.3 is 28.7 Å². The van der Waals surface area contributed by atoms with Gasteiger partial charge in [0, 0.05) is 40.4 Å². The number of Topliss-reactive ketones (excluding diaryl/α,β-unsaturated/α-hetero) is 2. The maximum Gasteiger partial charge on any atom is 0.249 e. The average molecular weight is 338 g/mol. The minimum atomic E-state index is -0.637.